The normalized spacial score (nSPS) is 14.4. The Bertz CT molecular complexity index is 652. The van der Waals surface area contributed by atoms with Gasteiger partial charge in [0.1, 0.15) is 5.82 Å². The SMILES string of the molecule is CN(C)CC(C)(O)CNC(=O)c1cc2c(F)cccc2s1. The summed E-state index contributed by atoms with van der Waals surface area (Å²) in [6, 6.07) is 6.32. The van der Waals surface area contributed by atoms with E-state index in [1.54, 1.807) is 25.1 Å². The van der Waals surface area contributed by atoms with Crippen molar-refractivity contribution in [1.29, 1.82) is 0 Å². The Balaban J connectivity index is 2.07. The van der Waals surface area contributed by atoms with Crippen LogP contribution in [0.4, 0.5) is 4.39 Å². The van der Waals surface area contributed by atoms with E-state index >= 15 is 0 Å². The number of halogens is 1. The van der Waals surface area contributed by atoms with Gasteiger partial charge in [-0.2, -0.15) is 0 Å². The maximum atomic E-state index is 13.6. The van der Waals surface area contributed by atoms with Gasteiger partial charge in [0.05, 0.1) is 10.5 Å². The van der Waals surface area contributed by atoms with Gasteiger partial charge in [0.25, 0.3) is 5.91 Å². The van der Waals surface area contributed by atoms with Crippen molar-refractivity contribution in [3.63, 3.8) is 0 Å². The van der Waals surface area contributed by atoms with E-state index in [4.69, 9.17) is 0 Å². The van der Waals surface area contributed by atoms with Crippen LogP contribution < -0.4 is 5.32 Å². The Morgan fingerprint density at radius 2 is 2.19 bits per heavy atom. The molecule has 0 saturated carbocycles. The average Bonchev–Trinajstić information content (AvgIpc) is 2.80. The summed E-state index contributed by atoms with van der Waals surface area (Å²) < 4.78 is 14.3. The molecule has 0 aliphatic carbocycles. The molecule has 0 radical (unpaired) electrons. The lowest BCUT2D eigenvalue weighted by Gasteiger charge is -2.26. The summed E-state index contributed by atoms with van der Waals surface area (Å²) >= 11 is 1.24. The molecule has 1 aromatic carbocycles. The first-order valence-corrected chi connectivity index (χ1v) is 7.43. The molecule has 2 aromatic rings. The molecule has 0 bridgehead atoms. The smallest absolute Gasteiger partial charge is 0.261 e. The summed E-state index contributed by atoms with van der Waals surface area (Å²) in [4.78, 5) is 14.4. The van der Waals surface area contributed by atoms with E-state index in [2.05, 4.69) is 5.32 Å². The van der Waals surface area contributed by atoms with Gasteiger partial charge in [-0.15, -0.1) is 11.3 Å². The zero-order valence-corrected chi connectivity index (χ0v) is 13.1. The number of fused-ring (bicyclic) bond motifs is 1. The van der Waals surface area contributed by atoms with Crippen molar-refractivity contribution in [3.8, 4) is 0 Å². The number of aliphatic hydroxyl groups is 1. The quantitative estimate of drug-likeness (QED) is 0.889. The number of amides is 1. The molecule has 1 atom stereocenters. The van der Waals surface area contributed by atoms with Crippen LogP contribution in [0, 0.1) is 5.82 Å². The van der Waals surface area contributed by atoms with Gasteiger partial charge >= 0.3 is 0 Å². The van der Waals surface area contributed by atoms with E-state index in [0.717, 1.165) is 4.70 Å². The highest BCUT2D eigenvalue weighted by molar-refractivity contribution is 7.20. The van der Waals surface area contributed by atoms with Gasteiger partial charge in [-0.1, -0.05) is 6.07 Å². The van der Waals surface area contributed by atoms with Crippen molar-refractivity contribution in [2.75, 3.05) is 27.2 Å². The minimum Gasteiger partial charge on any atom is -0.387 e. The fourth-order valence-electron chi connectivity index (χ4n) is 2.23. The second-order valence-corrected chi connectivity index (χ2v) is 6.76. The summed E-state index contributed by atoms with van der Waals surface area (Å²) in [5.41, 5.74) is -1.01. The van der Waals surface area contributed by atoms with E-state index in [9.17, 15) is 14.3 Å². The molecule has 0 fully saturated rings. The van der Waals surface area contributed by atoms with Gasteiger partial charge in [0.15, 0.2) is 0 Å². The fraction of sp³-hybridized carbons (Fsp3) is 0.400. The highest BCUT2D eigenvalue weighted by atomic mass is 32.1. The molecule has 0 aliphatic heterocycles. The molecule has 6 heteroatoms. The molecular formula is C15H19FN2O2S. The first kappa shape index (κ1) is 15.9. The first-order valence-electron chi connectivity index (χ1n) is 6.62. The summed E-state index contributed by atoms with van der Waals surface area (Å²) in [6.45, 7) is 2.24. The van der Waals surface area contributed by atoms with Crippen molar-refractivity contribution in [2.45, 2.75) is 12.5 Å². The summed E-state index contributed by atoms with van der Waals surface area (Å²) in [5.74, 6) is -0.628. The van der Waals surface area contributed by atoms with Gasteiger partial charge in [0.2, 0.25) is 0 Å². The number of carbonyl (C=O) groups is 1. The number of hydrogen-bond acceptors (Lipinski definition) is 4. The molecule has 0 aliphatic rings. The summed E-state index contributed by atoms with van der Waals surface area (Å²) in [7, 11) is 3.70. The number of carbonyl (C=O) groups excluding carboxylic acids is 1. The van der Waals surface area contributed by atoms with E-state index in [-0.39, 0.29) is 18.3 Å². The van der Waals surface area contributed by atoms with Crippen LogP contribution in [0.5, 0.6) is 0 Å². The third kappa shape index (κ3) is 4.00. The number of benzene rings is 1. The number of nitrogens with one attached hydrogen (secondary N) is 1. The van der Waals surface area contributed by atoms with Crippen LogP contribution in [-0.4, -0.2) is 48.7 Å². The van der Waals surface area contributed by atoms with Crippen LogP contribution in [0.3, 0.4) is 0 Å². The molecule has 21 heavy (non-hydrogen) atoms. The highest BCUT2D eigenvalue weighted by Gasteiger charge is 2.23. The second-order valence-electron chi connectivity index (χ2n) is 5.68. The van der Waals surface area contributed by atoms with Gasteiger partial charge in [0, 0.05) is 23.2 Å². The molecule has 0 saturated heterocycles. The number of hydrogen-bond donors (Lipinski definition) is 2. The molecule has 0 spiro atoms. The van der Waals surface area contributed by atoms with Crippen LogP contribution in [0.25, 0.3) is 10.1 Å². The molecular weight excluding hydrogens is 291 g/mol. The molecule has 1 aromatic heterocycles. The Kier molecular flexibility index (Phi) is 4.61. The third-order valence-corrected chi connectivity index (χ3v) is 4.12. The molecule has 1 amide bonds. The van der Waals surface area contributed by atoms with E-state index in [1.807, 2.05) is 19.0 Å². The molecule has 1 unspecified atom stereocenters. The zero-order valence-electron chi connectivity index (χ0n) is 12.3. The van der Waals surface area contributed by atoms with Gasteiger partial charge < -0.3 is 15.3 Å². The van der Waals surface area contributed by atoms with E-state index in [1.165, 1.54) is 17.4 Å². The molecule has 2 N–H and O–H groups in total. The second kappa shape index (κ2) is 6.09. The molecule has 114 valence electrons. The predicted molar refractivity (Wildman–Crippen MR) is 83.3 cm³/mol. The minimum absolute atomic E-state index is 0.140. The van der Waals surface area contributed by atoms with Gasteiger partial charge in [-0.05, 0) is 39.2 Å². The number of likely N-dealkylation sites (N-methyl/N-ethyl adjacent to an activating group) is 1. The van der Waals surface area contributed by atoms with Crippen molar-refractivity contribution in [1.82, 2.24) is 10.2 Å². The number of thiophene rings is 1. The maximum absolute atomic E-state index is 13.6. The Morgan fingerprint density at radius 1 is 1.48 bits per heavy atom. The van der Waals surface area contributed by atoms with Crippen molar-refractivity contribution >= 4 is 27.3 Å². The van der Waals surface area contributed by atoms with Crippen LogP contribution in [0.1, 0.15) is 16.6 Å². The first-order chi connectivity index (χ1) is 9.78. The zero-order chi connectivity index (χ0) is 15.6. The monoisotopic (exact) mass is 310 g/mol. The highest BCUT2D eigenvalue weighted by Crippen LogP contribution is 2.27. The number of rotatable bonds is 5. The maximum Gasteiger partial charge on any atom is 0.261 e. The third-order valence-electron chi connectivity index (χ3n) is 3.02. The Labute approximate surface area is 127 Å². The van der Waals surface area contributed by atoms with Crippen molar-refractivity contribution in [3.05, 3.63) is 35.0 Å². The van der Waals surface area contributed by atoms with Crippen LogP contribution >= 0.6 is 11.3 Å². The average molecular weight is 310 g/mol. The topological polar surface area (TPSA) is 52.6 Å². The van der Waals surface area contributed by atoms with Crippen LogP contribution in [0.15, 0.2) is 24.3 Å². The van der Waals surface area contributed by atoms with Gasteiger partial charge in [-0.25, -0.2) is 4.39 Å². The lowest BCUT2D eigenvalue weighted by molar-refractivity contribution is 0.0326. The summed E-state index contributed by atoms with van der Waals surface area (Å²) in [5, 5.41) is 13.3. The van der Waals surface area contributed by atoms with Gasteiger partial charge in [-0.3, -0.25) is 4.79 Å². The summed E-state index contributed by atoms with van der Waals surface area (Å²) in [6.07, 6.45) is 0. The largest absolute Gasteiger partial charge is 0.387 e. The predicted octanol–water partition coefficient (Wildman–Crippen LogP) is 2.08. The lowest BCUT2D eigenvalue weighted by Crippen LogP contribution is -2.47. The molecule has 4 nitrogen and oxygen atoms in total. The fourth-order valence-corrected chi connectivity index (χ4v) is 3.22. The molecule has 2 rings (SSSR count). The standard InChI is InChI=1S/C15H19FN2O2S/c1-15(20,9-18(2)3)8-17-14(19)13-7-10-11(16)5-4-6-12(10)21-13/h4-7,20H,8-9H2,1-3H3,(H,17,19). The number of nitrogens with zero attached hydrogens (tertiary/aromatic N) is 1. The van der Waals surface area contributed by atoms with E-state index in [0.29, 0.717) is 16.8 Å². The van der Waals surface area contributed by atoms with Crippen LogP contribution in [-0.2, 0) is 0 Å². The van der Waals surface area contributed by atoms with Crippen molar-refractivity contribution in [2.24, 2.45) is 0 Å². The Morgan fingerprint density at radius 3 is 2.81 bits per heavy atom. The van der Waals surface area contributed by atoms with E-state index < -0.39 is 5.60 Å². The Hall–Kier alpha value is -1.50. The minimum atomic E-state index is -1.01. The molecule has 1 heterocycles. The van der Waals surface area contributed by atoms with Crippen LogP contribution in [0.2, 0.25) is 0 Å². The van der Waals surface area contributed by atoms with Crippen molar-refractivity contribution < 1.29 is 14.3 Å². The lowest BCUT2D eigenvalue weighted by atomic mass is 10.1.